The minimum atomic E-state index is -2.60. The number of carbonyl (C=O) groups excluding carboxylic acids is 1. The van der Waals surface area contributed by atoms with Crippen molar-refractivity contribution in [1.29, 1.82) is 0 Å². The standard InChI is InChI=1S/C29H34ClN7O2S/c1-19-18-37-27(33-28(19)32-17-23(31)20-9-5-4-6-10-20)16-25(34-37)26-11-7-8-14-36(26)29(38)22-15-21(30)12-13-24(22)35-40(2,3)39/h4-6,9-10,12-13,15-16,18,23,26H,2,7-8,11,14,17,31H2,1,3H3,(H,32,33)(H,35,39)/t23?,26-,40?/m0/s1. The number of nitrogens with zero attached hydrogens (tertiary/aromatic N) is 4. The van der Waals surface area contributed by atoms with Crippen LogP contribution in [0.3, 0.4) is 0 Å². The average molecular weight is 580 g/mol. The molecule has 1 aliphatic rings. The van der Waals surface area contributed by atoms with Crippen LogP contribution in [0.1, 0.15) is 58.5 Å². The first-order chi connectivity index (χ1) is 19.1. The van der Waals surface area contributed by atoms with Gasteiger partial charge in [-0.2, -0.15) is 5.10 Å². The molecule has 1 amide bonds. The van der Waals surface area contributed by atoms with Crippen LogP contribution >= 0.6 is 11.6 Å². The van der Waals surface area contributed by atoms with Crippen LogP contribution in [0.4, 0.5) is 11.5 Å². The van der Waals surface area contributed by atoms with Gasteiger partial charge in [-0.3, -0.25) is 4.79 Å². The molecule has 0 saturated carbocycles. The van der Waals surface area contributed by atoms with Gasteiger partial charge in [0, 0.05) is 57.9 Å². The SMILES string of the molecule is C=S(C)(=O)Nc1ccc(Cl)cc1C(=O)N1CCCC[C@H]1c1cc2nc(NCC(N)c3ccccc3)c(C)cn2n1. The number of hydrogen-bond acceptors (Lipinski definition) is 6. The molecule has 1 saturated heterocycles. The number of nitrogens with one attached hydrogen (secondary N) is 2. The first-order valence-electron chi connectivity index (χ1n) is 13.2. The zero-order valence-electron chi connectivity index (χ0n) is 22.6. The molecule has 4 aromatic rings. The summed E-state index contributed by atoms with van der Waals surface area (Å²) in [4.78, 5) is 20.5. The van der Waals surface area contributed by atoms with Crippen LogP contribution in [0.2, 0.25) is 5.02 Å². The summed E-state index contributed by atoms with van der Waals surface area (Å²) < 4.78 is 17.0. The van der Waals surface area contributed by atoms with E-state index in [0.717, 1.165) is 41.9 Å². The topological polar surface area (TPSA) is 118 Å². The fourth-order valence-electron chi connectivity index (χ4n) is 5.05. The molecular formula is C29H34ClN7O2S. The lowest BCUT2D eigenvalue weighted by molar-refractivity contribution is 0.0607. The van der Waals surface area contributed by atoms with Crippen molar-refractivity contribution >= 4 is 50.2 Å². The van der Waals surface area contributed by atoms with E-state index in [1.54, 1.807) is 22.7 Å². The average Bonchev–Trinajstić information content (AvgIpc) is 3.34. The van der Waals surface area contributed by atoms with Gasteiger partial charge in [-0.05, 0) is 55.8 Å². The molecular weight excluding hydrogens is 546 g/mol. The summed E-state index contributed by atoms with van der Waals surface area (Å²) in [5.41, 5.74) is 10.6. The van der Waals surface area contributed by atoms with E-state index >= 15 is 0 Å². The van der Waals surface area contributed by atoms with Crippen LogP contribution in [0.15, 0.2) is 60.8 Å². The Bertz CT molecular complexity index is 1640. The van der Waals surface area contributed by atoms with Gasteiger partial charge in [0.25, 0.3) is 5.91 Å². The Balaban J connectivity index is 1.41. The lowest BCUT2D eigenvalue weighted by Gasteiger charge is -2.35. The molecule has 0 aliphatic carbocycles. The van der Waals surface area contributed by atoms with Gasteiger partial charge in [-0.25, -0.2) is 13.7 Å². The summed E-state index contributed by atoms with van der Waals surface area (Å²) in [6, 6.07) is 16.4. The van der Waals surface area contributed by atoms with Crippen LogP contribution in [0.5, 0.6) is 0 Å². The predicted octanol–water partition coefficient (Wildman–Crippen LogP) is 4.84. The van der Waals surface area contributed by atoms with Gasteiger partial charge in [-0.15, -0.1) is 0 Å². The summed E-state index contributed by atoms with van der Waals surface area (Å²) >= 11 is 6.26. The maximum atomic E-state index is 13.9. The molecule has 1 aliphatic heterocycles. The molecule has 5 rings (SSSR count). The van der Waals surface area contributed by atoms with E-state index in [-0.39, 0.29) is 18.0 Å². The third kappa shape index (κ3) is 6.24. The predicted molar refractivity (Wildman–Crippen MR) is 163 cm³/mol. The van der Waals surface area contributed by atoms with Gasteiger partial charge in [-0.1, -0.05) is 41.9 Å². The van der Waals surface area contributed by atoms with Crippen LogP contribution in [-0.4, -0.2) is 54.8 Å². The third-order valence-electron chi connectivity index (χ3n) is 7.01. The molecule has 3 heterocycles. The second-order valence-corrected chi connectivity index (χ2v) is 13.0. The Labute approximate surface area is 239 Å². The number of fused-ring (bicyclic) bond motifs is 1. The van der Waals surface area contributed by atoms with Gasteiger partial charge in [0.2, 0.25) is 0 Å². The number of benzene rings is 2. The highest BCUT2D eigenvalue weighted by Gasteiger charge is 2.32. The molecule has 1 fully saturated rings. The number of amides is 1. The quantitative estimate of drug-likeness (QED) is 0.257. The Hall–Kier alpha value is -3.60. The van der Waals surface area contributed by atoms with Crippen molar-refractivity contribution in [3.8, 4) is 0 Å². The second kappa shape index (κ2) is 11.5. The molecule has 0 bridgehead atoms. The molecule has 0 spiro atoms. The molecule has 9 nitrogen and oxygen atoms in total. The number of anilines is 2. The van der Waals surface area contributed by atoms with E-state index in [4.69, 9.17) is 27.4 Å². The summed E-state index contributed by atoms with van der Waals surface area (Å²) in [6.07, 6.45) is 6.05. The zero-order chi connectivity index (χ0) is 28.4. The fraction of sp³-hybridized carbons (Fsp3) is 0.310. The number of aromatic nitrogens is 3. The number of hydrogen-bond donors (Lipinski definition) is 3. The van der Waals surface area contributed by atoms with Gasteiger partial charge >= 0.3 is 0 Å². The molecule has 2 unspecified atom stereocenters. The second-order valence-electron chi connectivity index (χ2n) is 10.3. The molecule has 4 N–H and O–H groups in total. The number of carbonyl (C=O) groups is 1. The molecule has 2 aromatic heterocycles. The van der Waals surface area contributed by atoms with Crippen molar-refractivity contribution in [2.45, 2.75) is 38.3 Å². The van der Waals surface area contributed by atoms with Crippen molar-refractivity contribution in [3.63, 3.8) is 0 Å². The summed E-state index contributed by atoms with van der Waals surface area (Å²) in [5.74, 6) is 4.21. The Morgan fingerprint density at radius 1 is 1.23 bits per heavy atom. The maximum absolute atomic E-state index is 13.9. The van der Waals surface area contributed by atoms with E-state index in [2.05, 4.69) is 15.9 Å². The molecule has 11 heteroatoms. The van der Waals surface area contributed by atoms with Crippen LogP contribution in [-0.2, 0) is 9.71 Å². The number of piperidine rings is 1. The third-order valence-corrected chi connectivity index (χ3v) is 7.90. The number of nitrogens with two attached hydrogens (primary N) is 1. The van der Waals surface area contributed by atoms with Crippen molar-refractivity contribution < 1.29 is 9.00 Å². The lowest BCUT2D eigenvalue weighted by atomic mass is 9.98. The molecule has 0 radical (unpaired) electrons. The number of halogens is 1. The molecule has 3 atom stereocenters. The number of likely N-dealkylation sites (tertiary alicyclic amines) is 1. The Morgan fingerprint density at radius 3 is 2.75 bits per heavy atom. The fourth-order valence-corrected chi connectivity index (χ4v) is 5.86. The normalized spacial score (nSPS) is 17.8. The van der Waals surface area contributed by atoms with Crippen molar-refractivity contribution in [1.82, 2.24) is 19.5 Å². The van der Waals surface area contributed by atoms with Crippen molar-refractivity contribution in [2.24, 2.45) is 5.73 Å². The summed E-state index contributed by atoms with van der Waals surface area (Å²) in [5, 5.41) is 8.62. The van der Waals surface area contributed by atoms with Crippen molar-refractivity contribution in [3.05, 3.63) is 88.2 Å². The molecule has 2 aromatic carbocycles. The summed E-state index contributed by atoms with van der Waals surface area (Å²) in [7, 11) is -2.60. The monoisotopic (exact) mass is 579 g/mol. The maximum Gasteiger partial charge on any atom is 0.256 e. The van der Waals surface area contributed by atoms with Gasteiger partial charge in [0.15, 0.2) is 5.65 Å². The zero-order valence-corrected chi connectivity index (χ0v) is 24.2. The van der Waals surface area contributed by atoms with E-state index in [1.807, 2.05) is 54.4 Å². The van der Waals surface area contributed by atoms with Gasteiger partial charge in [0.05, 0.1) is 23.0 Å². The Morgan fingerprint density at radius 2 is 2.00 bits per heavy atom. The van der Waals surface area contributed by atoms with E-state index in [1.165, 1.54) is 6.26 Å². The van der Waals surface area contributed by atoms with Gasteiger partial charge in [0.1, 0.15) is 5.82 Å². The van der Waals surface area contributed by atoms with E-state index in [9.17, 15) is 9.00 Å². The number of rotatable bonds is 8. The minimum absolute atomic E-state index is 0.170. The Kier molecular flexibility index (Phi) is 8.02. The molecule has 40 heavy (non-hydrogen) atoms. The van der Waals surface area contributed by atoms with E-state index < -0.39 is 9.71 Å². The first-order valence-corrected chi connectivity index (χ1v) is 15.7. The summed E-state index contributed by atoms with van der Waals surface area (Å²) in [6.45, 7) is 3.09. The first kappa shape index (κ1) is 27.9. The molecule has 210 valence electrons. The highest BCUT2D eigenvalue weighted by molar-refractivity contribution is 8.00. The lowest BCUT2D eigenvalue weighted by Crippen LogP contribution is -2.39. The van der Waals surface area contributed by atoms with Crippen LogP contribution < -0.4 is 15.8 Å². The van der Waals surface area contributed by atoms with Crippen molar-refractivity contribution in [2.75, 3.05) is 29.4 Å². The largest absolute Gasteiger partial charge is 0.368 e. The minimum Gasteiger partial charge on any atom is -0.368 e. The highest BCUT2D eigenvalue weighted by atomic mass is 35.5. The smallest absolute Gasteiger partial charge is 0.256 e. The van der Waals surface area contributed by atoms with Gasteiger partial charge < -0.3 is 20.7 Å². The van der Waals surface area contributed by atoms with Crippen LogP contribution in [0.25, 0.3) is 5.65 Å². The highest BCUT2D eigenvalue weighted by Crippen LogP contribution is 2.34. The van der Waals surface area contributed by atoms with Crippen LogP contribution in [0, 0.1) is 6.92 Å². The van der Waals surface area contributed by atoms with E-state index in [0.29, 0.717) is 35.0 Å². The number of aryl methyl sites for hydroxylation is 1.